The van der Waals surface area contributed by atoms with Gasteiger partial charge in [0.2, 0.25) is 0 Å². The molecule has 0 atom stereocenters. The van der Waals surface area contributed by atoms with Crippen molar-refractivity contribution in [1.82, 2.24) is 0 Å². The van der Waals surface area contributed by atoms with Crippen molar-refractivity contribution in [1.29, 1.82) is 0 Å². The van der Waals surface area contributed by atoms with Crippen molar-refractivity contribution in [3.05, 3.63) is 77.0 Å². The van der Waals surface area contributed by atoms with Gasteiger partial charge in [-0.15, -0.1) is 0 Å². The standard InChI is InChI=1S/C18H15ClN2O/c19-14-7-4-8-15(12-14)21-18(22)17-10-9-16(20-17)11-13-5-2-1-3-6-13/h1-9,12H,10-11H2,(H,21,22). The van der Waals surface area contributed by atoms with Gasteiger partial charge in [-0.3, -0.25) is 9.79 Å². The zero-order valence-electron chi connectivity index (χ0n) is 11.9. The summed E-state index contributed by atoms with van der Waals surface area (Å²) in [6.07, 6.45) is 3.31. The largest absolute Gasteiger partial charge is 0.321 e. The lowest BCUT2D eigenvalue weighted by atomic mass is 10.1. The molecule has 4 heteroatoms. The van der Waals surface area contributed by atoms with Crippen LogP contribution in [0.2, 0.25) is 5.02 Å². The van der Waals surface area contributed by atoms with Crippen molar-refractivity contribution < 1.29 is 4.79 Å². The second kappa shape index (κ2) is 6.58. The lowest BCUT2D eigenvalue weighted by molar-refractivity contribution is -0.110. The number of carbonyl (C=O) groups is 1. The Bertz CT molecular complexity index is 751. The van der Waals surface area contributed by atoms with Gasteiger partial charge in [-0.2, -0.15) is 0 Å². The van der Waals surface area contributed by atoms with E-state index in [1.165, 1.54) is 5.56 Å². The van der Waals surface area contributed by atoms with Crippen LogP contribution in [0.3, 0.4) is 0 Å². The molecular weight excluding hydrogens is 296 g/mol. The number of hydrogen-bond acceptors (Lipinski definition) is 2. The van der Waals surface area contributed by atoms with Crippen LogP contribution in [-0.4, -0.2) is 11.6 Å². The molecule has 2 aromatic carbocycles. The van der Waals surface area contributed by atoms with Gasteiger partial charge in [-0.25, -0.2) is 0 Å². The molecule has 3 nitrogen and oxygen atoms in total. The average molecular weight is 311 g/mol. The molecule has 110 valence electrons. The topological polar surface area (TPSA) is 41.5 Å². The first kappa shape index (κ1) is 14.5. The van der Waals surface area contributed by atoms with Crippen LogP contribution in [0.15, 0.2) is 71.4 Å². The molecule has 1 N–H and O–H groups in total. The third-order valence-electron chi connectivity index (χ3n) is 3.38. The summed E-state index contributed by atoms with van der Waals surface area (Å²) in [4.78, 5) is 16.6. The molecule has 2 aromatic rings. The maximum absolute atomic E-state index is 12.2. The minimum atomic E-state index is -0.179. The van der Waals surface area contributed by atoms with Crippen molar-refractivity contribution in [2.75, 3.05) is 5.32 Å². The van der Waals surface area contributed by atoms with E-state index in [9.17, 15) is 4.79 Å². The van der Waals surface area contributed by atoms with E-state index in [0.717, 1.165) is 12.1 Å². The SMILES string of the molecule is O=C(Nc1cccc(Cl)c1)C1=NC(Cc2ccccc2)=CC1. The zero-order valence-corrected chi connectivity index (χ0v) is 12.7. The first-order valence-electron chi connectivity index (χ1n) is 7.08. The Kier molecular flexibility index (Phi) is 4.35. The van der Waals surface area contributed by atoms with Crippen molar-refractivity contribution in [3.8, 4) is 0 Å². The number of carbonyl (C=O) groups excluding carboxylic acids is 1. The molecule has 0 radical (unpaired) electrons. The summed E-state index contributed by atoms with van der Waals surface area (Å²) >= 11 is 5.91. The van der Waals surface area contributed by atoms with Gasteiger partial charge in [0, 0.05) is 29.2 Å². The van der Waals surface area contributed by atoms with E-state index in [2.05, 4.69) is 22.4 Å². The second-order valence-corrected chi connectivity index (χ2v) is 5.52. The molecule has 0 fully saturated rings. The molecule has 1 heterocycles. The number of rotatable bonds is 4. The quantitative estimate of drug-likeness (QED) is 0.901. The molecule has 0 saturated carbocycles. The van der Waals surface area contributed by atoms with Gasteiger partial charge in [-0.05, 0) is 23.8 Å². The lowest BCUT2D eigenvalue weighted by Gasteiger charge is -2.05. The highest BCUT2D eigenvalue weighted by Gasteiger charge is 2.16. The van der Waals surface area contributed by atoms with Crippen LogP contribution in [0.1, 0.15) is 12.0 Å². The normalized spacial score (nSPS) is 13.5. The van der Waals surface area contributed by atoms with Gasteiger partial charge < -0.3 is 5.32 Å². The highest BCUT2D eigenvalue weighted by atomic mass is 35.5. The molecule has 1 aliphatic heterocycles. The van der Waals surface area contributed by atoms with Gasteiger partial charge in [0.1, 0.15) is 5.71 Å². The first-order chi connectivity index (χ1) is 10.7. The van der Waals surface area contributed by atoms with Crippen molar-refractivity contribution in [2.45, 2.75) is 12.8 Å². The Morgan fingerprint density at radius 2 is 1.95 bits per heavy atom. The fraction of sp³-hybridized carbons (Fsp3) is 0.111. The van der Waals surface area contributed by atoms with E-state index in [0.29, 0.717) is 22.8 Å². The Hall–Kier alpha value is -2.39. The fourth-order valence-corrected chi connectivity index (χ4v) is 2.50. The van der Waals surface area contributed by atoms with E-state index in [1.807, 2.05) is 24.3 Å². The minimum Gasteiger partial charge on any atom is -0.321 e. The number of halogens is 1. The highest BCUT2D eigenvalue weighted by Crippen LogP contribution is 2.18. The lowest BCUT2D eigenvalue weighted by Crippen LogP contribution is -2.21. The number of anilines is 1. The van der Waals surface area contributed by atoms with Crippen molar-refractivity contribution in [2.24, 2.45) is 4.99 Å². The van der Waals surface area contributed by atoms with E-state index < -0.39 is 0 Å². The number of nitrogens with zero attached hydrogens (tertiary/aromatic N) is 1. The zero-order chi connectivity index (χ0) is 15.4. The van der Waals surface area contributed by atoms with Crippen LogP contribution >= 0.6 is 11.6 Å². The smallest absolute Gasteiger partial charge is 0.270 e. The molecule has 1 amide bonds. The summed E-state index contributed by atoms with van der Waals surface area (Å²) in [6, 6.07) is 17.2. The average Bonchev–Trinajstić information content (AvgIpc) is 2.97. The van der Waals surface area contributed by atoms with Crippen LogP contribution in [0.5, 0.6) is 0 Å². The molecule has 0 aliphatic carbocycles. The minimum absolute atomic E-state index is 0.179. The van der Waals surface area contributed by atoms with E-state index in [-0.39, 0.29) is 5.91 Å². The van der Waals surface area contributed by atoms with E-state index in [4.69, 9.17) is 11.6 Å². The number of allylic oxidation sites excluding steroid dienone is 2. The molecule has 0 saturated heterocycles. The molecule has 0 aromatic heterocycles. The Balaban J connectivity index is 1.64. The van der Waals surface area contributed by atoms with Crippen LogP contribution in [0.4, 0.5) is 5.69 Å². The number of amides is 1. The molecule has 0 bridgehead atoms. The molecule has 0 spiro atoms. The summed E-state index contributed by atoms with van der Waals surface area (Å²) in [6.45, 7) is 0. The molecular formula is C18H15ClN2O. The summed E-state index contributed by atoms with van der Waals surface area (Å²) in [7, 11) is 0. The molecule has 0 unspecified atom stereocenters. The van der Waals surface area contributed by atoms with Gasteiger partial charge >= 0.3 is 0 Å². The van der Waals surface area contributed by atoms with Crippen LogP contribution in [0.25, 0.3) is 0 Å². The summed E-state index contributed by atoms with van der Waals surface area (Å²) in [5, 5.41) is 3.41. The number of hydrogen-bond donors (Lipinski definition) is 1. The van der Waals surface area contributed by atoms with Crippen molar-refractivity contribution in [3.63, 3.8) is 0 Å². The predicted molar refractivity (Wildman–Crippen MR) is 90.4 cm³/mol. The van der Waals surface area contributed by atoms with Gasteiger partial charge in [0.05, 0.1) is 0 Å². The maximum Gasteiger partial charge on any atom is 0.270 e. The van der Waals surface area contributed by atoms with E-state index in [1.54, 1.807) is 24.3 Å². The highest BCUT2D eigenvalue weighted by molar-refractivity contribution is 6.44. The number of aliphatic imine (C=N–C) groups is 1. The third-order valence-corrected chi connectivity index (χ3v) is 3.62. The summed E-state index contributed by atoms with van der Waals surface area (Å²) < 4.78 is 0. The Morgan fingerprint density at radius 3 is 2.73 bits per heavy atom. The summed E-state index contributed by atoms with van der Waals surface area (Å²) in [5.74, 6) is -0.179. The van der Waals surface area contributed by atoms with Crippen LogP contribution < -0.4 is 5.32 Å². The second-order valence-electron chi connectivity index (χ2n) is 5.08. The van der Waals surface area contributed by atoms with Gasteiger partial charge in [-0.1, -0.05) is 54.1 Å². The summed E-state index contributed by atoms with van der Waals surface area (Å²) in [5.41, 5.74) is 3.33. The van der Waals surface area contributed by atoms with Crippen LogP contribution in [0, 0.1) is 0 Å². The fourth-order valence-electron chi connectivity index (χ4n) is 2.31. The van der Waals surface area contributed by atoms with Crippen molar-refractivity contribution >= 4 is 28.9 Å². The first-order valence-corrected chi connectivity index (χ1v) is 7.46. The van der Waals surface area contributed by atoms with Crippen LogP contribution in [-0.2, 0) is 11.2 Å². The maximum atomic E-state index is 12.2. The van der Waals surface area contributed by atoms with E-state index >= 15 is 0 Å². The Labute approximate surface area is 134 Å². The monoisotopic (exact) mass is 310 g/mol. The Morgan fingerprint density at radius 1 is 1.14 bits per heavy atom. The third kappa shape index (κ3) is 3.62. The molecule has 3 rings (SSSR count). The van der Waals surface area contributed by atoms with Gasteiger partial charge in [0.25, 0.3) is 5.91 Å². The molecule has 22 heavy (non-hydrogen) atoms. The predicted octanol–water partition coefficient (Wildman–Crippen LogP) is 4.25. The number of nitrogens with one attached hydrogen (secondary N) is 1. The molecule has 1 aliphatic rings. The van der Waals surface area contributed by atoms with Gasteiger partial charge in [0.15, 0.2) is 0 Å². The number of benzene rings is 2.